The van der Waals surface area contributed by atoms with Gasteiger partial charge in [-0.3, -0.25) is 0 Å². The summed E-state index contributed by atoms with van der Waals surface area (Å²) in [5, 5.41) is 2.76. The molecule has 0 unspecified atom stereocenters. The zero-order chi connectivity index (χ0) is 13.8. The molecule has 102 valence electrons. The molecule has 2 aromatic carbocycles. The molecule has 0 radical (unpaired) electrons. The van der Waals surface area contributed by atoms with E-state index in [-0.39, 0.29) is 0 Å². The highest BCUT2D eigenvalue weighted by Gasteiger charge is 2.20. The molecule has 0 amide bonds. The van der Waals surface area contributed by atoms with Gasteiger partial charge >= 0.3 is 0 Å². The van der Waals surface area contributed by atoms with E-state index in [1.54, 1.807) is 0 Å². The molecule has 21 heavy (non-hydrogen) atoms. The monoisotopic (exact) mass is 272 g/mol. The molecule has 0 saturated heterocycles. The molecule has 2 N–H and O–H groups in total. The van der Waals surface area contributed by atoms with Crippen LogP contribution >= 0.6 is 0 Å². The van der Waals surface area contributed by atoms with Crippen LogP contribution in [-0.2, 0) is 19.3 Å². The van der Waals surface area contributed by atoms with E-state index in [0.29, 0.717) is 0 Å². The van der Waals surface area contributed by atoms with Crippen molar-refractivity contribution in [1.29, 1.82) is 0 Å². The average molecular weight is 272 g/mol. The van der Waals surface area contributed by atoms with Crippen LogP contribution in [0.15, 0.2) is 48.5 Å². The van der Waals surface area contributed by atoms with E-state index in [1.807, 2.05) is 0 Å². The van der Waals surface area contributed by atoms with Crippen molar-refractivity contribution in [3.63, 3.8) is 0 Å². The van der Waals surface area contributed by atoms with Gasteiger partial charge in [0.25, 0.3) is 0 Å². The van der Waals surface area contributed by atoms with Gasteiger partial charge in [-0.1, -0.05) is 36.4 Å². The van der Waals surface area contributed by atoms with Gasteiger partial charge in [0, 0.05) is 39.6 Å². The third-order valence-electron chi connectivity index (χ3n) is 4.78. The highest BCUT2D eigenvalue weighted by atomic mass is 14.8. The maximum atomic E-state index is 3.61. The van der Waals surface area contributed by atoms with Crippen LogP contribution in [0.5, 0.6) is 0 Å². The predicted octanol–water partition coefficient (Wildman–Crippen LogP) is 4.34. The van der Waals surface area contributed by atoms with Crippen molar-refractivity contribution in [2.75, 3.05) is 0 Å². The standard InChI is InChI=1S/C19H16N2/c1-3-7-16-12(5-1)14-11-15-13-6-2-4-8-17(13)21-19(15)10-9-18(14)20-16/h1-8,20-21H,9-11H2. The van der Waals surface area contributed by atoms with Gasteiger partial charge in [0.05, 0.1) is 0 Å². The van der Waals surface area contributed by atoms with Gasteiger partial charge in [-0.25, -0.2) is 0 Å². The number of aryl methyl sites for hydroxylation is 2. The number of rotatable bonds is 0. The van der Waals surface area contributed by atoms with Crippen LogP contribution in [0.2, 0.25) is 0 Å². The third kappa shape index (κ3) is 1.53. The van der Waals surface area contributed by atoms with E-state index in [1.165, 1.54) is 44.3 Å². The molecule has 0 spiro atoms. The van der Waals surface area contributed by atoms with Gasteiger partial charge in [-0.2, -0.15) is 0 Å². The Balaban J connectivity index is 1.79. The van der Waals surface area contributed by atoms with Crippen LogP contribution in [0.4, 0.5) is 0 Å². The number of aromatic amines is 2. The van der Waals surface area contributed by atoms with Gasteiger partial charge in [0.15, 0.2) is 0 Å². The molecule has 2 heteroatoms. The maximum Gasteiger partial charge on any atom is 0.0459 e. The second kappa shape index (κ2) is 4.01. The van der Waals surface area contributed by atoms with Crippen molar-refractivity contribution >= 4 is 21.8 Å². The van der Waals surface area contributed by atoms with Crippen molar-refractivity contribution < 1.29 is 0 Å². The fourth-order valence-corrected chi connectivity index (χ4v) is 3.77. The van der Waals surface area contributed by atoms with Crippen LogP contribution in [0.25, 0.3) is 21.8 Å². The zero-order valence-corrected chi connectivity index (χ0v) is 11.7. The maximum absolute atomic E-state index is 3.61. The van der Waals surface area contributed by atoms with Crippen LogP contribution in [-0.4, -0.2) is 9.97 Å². The molecule has 1 aliphatic carbocycles. The van der Waals surface area contributed by atoms with E-state index in [9.17, 15) is 0 Å². The fourth-order valence-electron chi connectivity index (χ4n) is 3.77. The highest BCUT2D eigenvalue weighted by molar-refractivity contribution is 5.89. The number of benzene rings is 2. The Kier molecular flexibility index (Phi) is 2.14. The highest BCUT2D eigenvalue weighted by Crippen LogP contribution is 2.33. The van der Waals surface area contributed by atoms with Crippen LogP contribution in [0.3, 0.4) is 0 Å². The molecule has 0 atom stereocenters. The summed E-state index contributed by atoms with van der Waals surface area (Å²) in [4.78, 5) is 7.23. The molecule has 0 fully saturated rings. The summed E-state index contributed by atoms with van der Waals surface area (Å²) in [5.41, 5.74) is 8.31. The fraction of sp³-hybridized carbons (Fsp3) is 0.158. The molecule has 5 rings (SSSR count). The number of aromatic nitrogens is 2. The first-order valence-corrected chi connectivity index (χ1v) is 7.57. The van der Waals surface area contributed by atoms with Gasteiger partial charge in [-0.05, 0) is 36.1 Å². The lowest BCUT2D eigenvalue weighted by Gasteiger charge is -2.01. The molecule has 1 aliphatic rings. The summed E-state index contributed by atoms with van der Waals surface area (Å²) in [6.45, 7) is 0. The molecule has 2 heterocycles. The molecular weight excluding hydrogens is 256 g/mol. The van der Waals surface area contributed by atoms with Crippen LogP contribution in [0.1, 0.15) is 22.5 Å². The van der Waals surface area contributed by atoms with Gasteiger partial charge in [0.1, 0.15) is 0 Å². The molecule has 4 aromatic rings. The summed E-state index contributed by atoms with van der Waals surface area (Å²) in [6, 6.07) is 17.3. The largest absolute Gasteiger partial charge is 0.358 e. The van der Waals surface area contributed by atoms with E-state index >= 15 is 0 Å². The number of H-pyrrole nitrogens is 2. The molecule has 2 aromatic heterocycles. The SMILES string of the molecule is c1ccc2c3c([nH]c2c1)CCc1[nH]c2ccccc2c1C3. The van der Waals surface area contributed by atoms with Crippen molar-refractivity contribution in [1.82, 2.24) is 9.97 Å². The smallest absolute Gasteiger partial charge is 0.0459 e. The van der Waals surface area contributed by atoms with Crippen molar-refractivity contribution in [3.8, 4) is 0 Å². The molecule has 0 saturated carbocycles. The van der Waals surface area contributed by atoms with E-state index in [0.717, 1.165) is 19.3 Å². The zero-order valence-electron chi connectivity index (χ0n) is 11.7. The summed E-state index contributed by atoms with van der Waals surface area (Å²) >= 11 is 0. The molecular formula is C19H16N2. The number of fused-ring (bicyclic) bond motifs is 6. The lowest BCUT2D eigenvalue weighted by molar-refractivity contribution is 0.909. The first-order chi connectivity index (χ1) is 10.4. The Labute approximate surface area is 122 Å². The Morgan fingerprint density at radius 1 is 0.619 bits per heavy atom. The first kappa shape index (κ1) is 11.2. The number of para-hydroxylation sites is 2. The average Bonchev–Trinajstić information content (AvgIpc) is 3.00. The Morgan fingerprint density at radius 3 is 1.62 bits per heavy atom. The normalized spacial score (nSPS) is 14.1. The summed E-state index contributed by atoms with van der Waals surface area (Å²) in [7, 11) is 0. The Morgan fingerprint density at radius 2 is 1.10 bits per heavy atom. The minimum atomic E-state index is 1.03. The second-order valence-corrected chi connectivity index (χ2v) is 5.93. The quantitative estimate of drug-likeness (QED) is 0.477. The van der Waals surface area contributed by atoms with Crippen molar-refractivity contribution in [2.24, 2.45) is 0 Å². The Bertz CT molecular complexity index is 892. The summed E-state index contributed by atoms with van der Waals surface area (Å²) in [5.74, 6) is 0. The van der Waals surface area contributed by atoms with E-state index in [4.69, 9.17) is 0 Å². The van der Waals surface area contributed by atoms with Crippen LogP contribution < -0.4 is 0 Å². The van der Waals surface area contributed by atoms with Gasteiger partial charge in [0.2, 0.25) is 0 Å². The van der Waals surface area contributed by atoms with Gasteiger partial charge in [-0.15, -0.1) is 0 Å². The molecule has 0 aliphatic heterocycles. The molecule has 2 nitrogen and oxygen atoms in total. The third-order valence-corrected chi connectivity index (χ3v) is 4.78. The predicted molar refractivity (Wildman–Crippen MR) is 86.8 cm³/mol. The number of nitrogens with one attached hydrogen (secondary N) is 2. The van der Waals surface area contributed by atoms with Gasteiger partial charge < -0.3 is 9.97 Å². The number of hydrogen-bond donors (Lipinski definition) is 2. The summed E-state index contributed by atoms with van der Waals surface area (Å²) < 4.78 is 0. The topological polar surface area (TPSA) is 31.6 Å². The lowest BCUT2D eigenvalue weighted by Crippen LogP contribution is -1.91. The first-order valence-electron chi connectivity index (χ1n) is 7.57. The second-order valence-electron chi connectivity index (χ2n) is 5.93. The van der Waals surface area contributed by atoms with Crippen LogP contribution in [0, 0.1) is 0 Å². The summed E-state index contributed by atoms with van der Waals surface area (Å²) in [6.07, 6.45) is 3.20. The van der Waals surface area contributed by atoms with Crippen molar-refractivity contribution in [3.05, 3.63) is 71.0 Å². The number of hydrogen-bond acceptors (Lipinski definition) is 0. The Hall–Kier alpha value is -2.48. The van der Waals surface area contributed by atoms with E-state index < -0.39 is 0 Å². The van der Waals surface area contributed by atoms with Crippen molar-refractivity contribution in [2.45, 2.75) is 19.3 Å². The minimum Gasteiger partial charge on any atom is -0.358 e. The molecule has 0 bridgehead atoms. The van der Waals surface area contributed by atoms with E-state index in [2.05, 4.69) is 58.5 Å². The lowest BCUT2D eigenvalue weighted by atomic mass is 10.0. The minimum absolute atomic E-state index is 1.03.